The van der Waals surface area contributed by atoms with E-state index in [0.717, 1.165) is 32.5 Å². The van der Waals surface area contributed by atoms with Crippen LogP contribution in [-0.2, 0) is 0 Å². The topological polar surface area (TPSA) is 15.3 Å². The highest BCUT2D eigenvalue weighted by Gasteiger charge is 2.20. The number of likely N-dealkylation sites (tertiary alicyclic amines) is 1. The predicted octanol–water partition coefficient (Wildman–Crippen LogP) is 1.96. The molecule has 0 bridgehead atoms. The van der Waals surface area contributed by atoms with E-state index in [1.807, 2.05) is 4.90 Å². The standard InChI is InChI=1S/C11H22F2N2/c1-9(2)7-14-10-3-5-15(6-4-10)8-11(12)13/h9-11,14H,3-8H2,1-2H3. The lowest BCUT2D eigenvalue weighted by Crippen LogP contribution is -2.44. The molecule has 0 unspecified atom stereocenters. The van der Waals surface area contributed by atoms with Crippen molar-refractivity contribution in [3.63, 3.8) is 0 Å². The molecule has 0 radical (unpaired) electrons. The number of hydrogen-bond acceptors (Lipinski definition) is 2. The molecule has 1 aliphatic heterocycles. The van der Waals surface area contributed by atoms with E-state index in [1.54, 1.807) is 0 Å². The third-order valence-corrected chi connectivity index (χ3v) is 2.80. The van der Waals surface area contributed by atoms with Gasteiger partial charge in [0.05, 0.1) is 6.54 Å². The van der Waals surface area contributed by atoms with E-state index < -0.39 is 6.43 Å². The van der Waals surface area contributed by atoms with Gasteiger partial charge in [-0.15, -0.1) is 0 Å². The van der Waals surface area contributed by atoms with Gasteiger partial charge >= 0.3 is 0 Å². The smallest absolute Gasteiger partial charge is 0.251 e. The van der Waals surface area contributed by atoms with Gasteiger partial charge in [-0.25, -0.2) is 8.78 Å². The monoisotopic (exact) mass is 220 g/mol. The first-order valence-corrected chi connectivity index (χ1v) is 5.82. The van der Waals surface area contributed by atoms with Crippen molar-refractivity contribution in [1.82, 2.24) is 10.2 Å². The van der Waals surface area contributed by atoms with Crippen molar-refractivity contribution in [2.45, 2.75) is 39.2 Å². The summed E-state index contributed by atoms with van der Waals surface area (Å²) in [6.45, 7) is 6.94. The van der Waals surface area contributed by atoms with Gasteiger partial charge in [0.25, 0.3) is 6.43 Å². The largest absolute Gasteiger partial charge is 0.314 e. The van der Waals surface area contributed by atoms with Crippen molar-refractivity contribution in [3.8, 4) is 0 Å². The molecule has 90 valence electrons. The highest BCUT2D eigenvalue weighted by molar-refractivity contribution is 4.77. The highest BCUT2D eigenvalue weighted by atomic mass is 19.3. The summed E-state index contributed by atoms with van der Waals surface area (Å²) < 4.78 is 24.2. The first kappa shape index (κ1) is 12.8. The molecule has 0 spiro atoms. The van der Waals surface area contributed by atoms with Crippen molar-refractivity contribution < 1.29 is 8.78 Å². The van der Waals surface area contributed by atoms with Gasteiger partial charge in [-0.3, -0.25) is 4.90 Å². The van der Waals surface area contributed by atoms with Crippen LogP contribution in [0.25, 0.3) is 0 Å². The molecule has 0 atom stereocenters. The van der Waals surface area contributed by atoms with Crippen LogP contribution >= 0.6 is 0 Å². The Hall–Kier alpha value is -0.220. The van der Waals surface area contributed by atoms with Crippen LogP contribution in [-0.4, -0.2) is 43.5 Å². The lowest BCUT2D eigenvalue weighted by Gasteiger charge is -2.32. The summed E-state index contributed by atoms with van der Waals surface area (Å²) >= 11 is 0. The molecule has 1 aliphatic rings. The van der Waals surface area contributed by atoms with Crippen LogP contribution in [0.15, 0.2) is 0 Å². The molecular weight excluding hydrogens is 198 g/mol. The summed E-state index contributed by atoms with van der Waals surface area (Å²) in [6.07, 6.45) is -0.191. The summed E-state index contributed by atoms with van der Waals surface area (Å²) in [5.74, 6) is 0.657. The Morgan fingerprint density at radius 3 is 2.33 bits per heavy atom. The van der Waals surface area contributed by atoms with Gasteiger partial charge < -0.3 is 5.32 Å². The molecular formula is C11H22F2N2. The molecule has 0 aliphatic carbocycles. The highest BCUT2D eigenvalue weighted by Crippen LogP contribution is 2.12. The van der Waals surface area contributed by atoms with E-state index >= 15 is 0 Å². The molecule has 2 nitrogen and oxygen atoms in total. The number of hydrogen-bond donors (Lipinski definition) is 1. The van der Waals surface area contributed by atoms with E-state index in [9.17, 15) is 8.78 Å². The van der Waals surface area contributed by atoms with Crippen molar-refractivity contribution in [3.05, 3.63) is 0 Å². The third-order valence-electron chi connectivity index (χ3n) is 2.80. The Bertz CT molecular complexity index is 166. The Morgan fingerprint density at radius 1 is 1.27 bits per heavy atom. The SMILES string of the molecule is CC(C)CNC1CCN(CC(F)F)CC1. The zero-order valence-electron chi connectivity index (χ0n) is 9.68. The van der Waals surface area contributed by atoms with Crippen molar-refractivity contribution in [2.75, 3.05) is 26.2 Å². The first-order valence-electron chi connectivity index (χ1n) is 5.82. The fourth-order valence-electron chi connectivity index (χ4n) is 1.92. The van der Waals surface area contributed by atoms with Crippen LogP contribution in [0.1, 0.15) is 26.7 Å². The molecule has 0 aromatic heterocycles. The minimum Gasteiger partial charge on any atom is -0.314 e. The second-order valence-electron chi connectivity index (χ2n) is 4.77. The Morgan fingerprint density at radius 2 is 1.87 bits per heavy atom. The predicted molar refractivity (Wildman–Crippen MR) is 58.3 cm³/mol. The van der Waals surface area contributed by atoms with Crippen LogP contribution in [0.4, 0.5) is 8.78 Å². The molecule has 1 saturated heterocycles. The normalized spacial score (nSPS) is 20.4. The summed E-state index contributed by atoms with van der Waals surface area (Å²) in [7, 11) is 0. The molecule has 15 heavy (non-hydrogen) atoms. The van der Waals surface area contributed by atoms with Crippen molar-refractivity contribution >= 4 is 0 Å². The van der Waals surface area contributed by atoms with Crippen molar-refractivity contribution in [1.29, 1.82) is 0 Å². The summed E-state index contributed by atoms with van der Waals surface area (Å²) in [5.41, 5.74) is 0. The Labute approximate surface area is 91.0 Å². The second kappa shape index (κ2) is 6.38. The summed E-state index contributed by atoms with van der Waals surface area (Å²) in [5, 5.41) is 3.48. The Balaban J connectivity index is 2.12. The number of halogens is 2. The molecule has 1 fully saturated rings. The molecule has 1 heterocycles. The summed E-state index contributed by atoms with van der Waals surface area (Å²) in [4.78, 5) is 1.86. The number of alkyl halides is 2. The van der Waals surface area contributed by atoms with E-state index in [4.69, 9.17) is 0 Å². The summed E-state index contributed by atoms with van der Waals surface area (Å²) in [6, 6.07) is 0.529. The zero-order chi connectivity index (χ0) is 11.3. The number of nitrogens with zero attached hydrogens (tertiary/aromatic N) is 1. The van der Waals surface area contributed by atoms with E-state index in [-0.39, 0.29) is 6.54 Å². The molecule has 0 aromatic rings. The second-order valence-corrected chi connectivity index (χ2v) is 4.77. The lowest BCUT2D eigenvalue weighted by atomic mass is 10.0. The molecule has 0 saturated carbocycles. The molecule has 0 amide bonds. The van der Waals surface area contributed by atoms with Gasteiger partial charge in [0, 0.05) is 6.04 Å². The van der Waals surface area contributed by atoms with Crippen LogP contribution in [0.3, 0.4) is 0 Å². The fourth-order valence-corrected chi connectivity index (χ4v) is 1.92. The van der Waals surface area contributed by atoms with Crippen molar-refractivity contribution in [2.24, 2.45) is 5.92 Å². The molecule has 1 N–H and O–H groups in total. The van der Waals surface area contributed by atoms with Gasteiger partial charge in [0.2, 0.25) is 0 Å². The molecule has 4 heteroatoms. The van der Waals surface area contributed by atoms with Crippen LogP contribution in [0.5, 0.6) is 0 Å². The molecule has 0 aromatic carbocycles. The number of nitrogens with one attached hydrogen (secondary N) is 1. The van der Waals surface area contributed by atoms with Gasteiger partial charge in [-0.1, -0.05) is 13.8 Å². The van der Waals surface area contributed by atoms with E-state index in [0.29, 0.717) is 12.0 Å². The lowest BCUT2D eigenvalue weighted by molar-refractivity contribution is 0.0729. The maximum absolute atomic E-state index is 12.1. The Kier molecular flexibility index (Phi) is 5.47. The van der Waals surface area contributed by atoms with Gasteiger partial charge in [-0.05, 0) is 38.4 Å². The zero-order valence-corrected chi connectivity index (χ0v) is 9.68. The minimum atomic E-state index is -2.19. The number of rotatable bonds is 5. The minimum absolute atomic E-state index is 0.0586. The van der Waals surface area contributed by atoms with Gasteiger partial charge in [0.15, 0.2) is 0 Å². The third kappa shape index (κ3) is 5.42. The van der Waals surface area contributed by atoms with Crippen LogP contribution in [0.2, 0.25) is 0 Å². The van der Waals surface area contributed by atoms with Gasteiger partial charge in [0.1, 0.15) is 0 Å². The average Bonchev–Trinajstić information content (AvgIpc) is 2.16. The quantitative estimate of drug-likeness (QED) is 0.762. The van der Waals surface area contributed by atoms with Crippen LogP contribution in [0, 0.1) is 5.92 Å². The fraction of sp³-hybridized carbons (Fsp3) is 1.00. The maximum atomic E-state index is 12.1. The van der Waals surface area contributed by atoms with Gasteiger partial charge in [-0.2, -0.15) is 0 Å². The maximum Gasteiger partial charge on any atom is 0.251 e. The molecule has 1 rings (SSSR count). The van der Waals surface area contributed by atoms with E-state index in [2.05, 4.69) is 19.2 Å². The van der Waals surface area contributed by atoms with E-state index in [1.165, 1.54) is 0 Å². The first-order chi connectivity index (χ1) is 7.08. The number of piperidine rings is 1. The van der Waals surface area contributed by atoms with Crippen LogP contribution < -0.4 is 5.32 Å². The average molecular weight is 220 g/mol.